The van der Waals surface area contributed by atoms with E-state index in [0.29, 0.717) is 18.0 Å². The molecule has 1 saturated carbocycles. The van der Waals surface area contributed by atoms with Crippen LogP contribution in [0, 0.1) is 6.92 Å². The molecular weight excluding hydrogens is 396 g/mol. The lowest BCUT2D eigenvalue weighted by atomic mass is 10.0. The molecule has 5 heteroatoms. The number of halogens is 1. The maximum absolute atomic E-state index is 13.4. The van der Waals surface area contributed by atoms with E-state index < -0.39 is 6.04 Å². The number of rotatable bonds is 8. The van der Waals surface area contributed by atoms with Crippen molar-refractivity contribution in [1.82, 2.24) is 10.2 Å². The fourth-order valence-corrected chi connectivity index (χ4v) is 4.26. The summed E-state index contributed by atoms with van der Waals surface area (Å²) in [5, 5.41) is 3.83. The smallest absolute Gasteiger partial charge is 0.243 e. The number of nitrogens with zero attached hydrogens (tertiary/aromatic N) is 1. The summed E-state index contributed by atoms with van der Waals surface area (Å²) in [6, 6.07) is 15.1. The van der Waals surface area contributed by atoms with E-state index >= 15 is 0 Å². The second kappa shape index (κ2) is 10.6. The number of aryl methyl sites for hydroxylation is 1. The molecule has 1 unspecified atom stereocenters. The van der Waals surface area contributed by atoms with Gasteiger partial charge in [0, 0.05) is 17.6 Å². The van der Waals surface area contributed by atoms with Gasteiger partial charge in [-0.1, -0.05) is 67.8 Å². The van der Waals surface area contributed by atoms with Crippen LogP contribution in [0.5, 0.6) is 0 Å². The molecule has 30 heavy (non-hydrogen) atoms. The molecule has 1 N–H and O–H groups in total. The Morgan fingerprint density at radius 1 is 1.10 bits per heavy atom. The average molecular weight is 427 g/mol. The Bertz CT molecular complexity index is 860. The summed E-state index contributed by atoms with van der Waals surface area (Å²) in [7, 11) is 0. The van der Waals surface area contributed by atoms with E-state index in [0.717, 1.165) is 42.4 Å². The van der Waals surface area contributed by atoms with E-state index in [1.54, 1.807) is 17.0 Å². The Morgan fingerprint density at radius 2 is 1.77 bits per heavy atom. The van der Waals surface area contributed by atoms with Gasteiger partial charge in [-0.2, -0.15) is 0 Å². The van der Waals surface area contributed by atoms with E-state index in [1.807, 2.05) is 50.2 Å². The van der Waals surface area contributed by atoms with E-state index in [1.165, 1.54) is 0 Å². The van der Waals surface area contributed by atoms with E-state index in [2.05, 4.69) is 5.32 Å². The lowest BCUT2D eigenvalue weighted by Gasteiger charge is -2.32. The van der Waals surface area contributed by atoms with Gasteiger partial charge >= 0.3 is 0 Å². The van der Waals surface area contributed by atoms with Crippen LogP contribution in [0.1, 0.15) is 55.7 Å². The molecule has 4 nitrogen and oxygen atoms in total. The van der Waals surface area contributed by atoms with Crippen LogP contribution in [0.3, 0.4) is 0 Å². The fourth-order valence-electron chi connectivity index (χ4n) is 4.14. The number of amides is 2. The monoisotopic (exact) mass is 426 g/mol. The zero-order valence-corrected chi connectivity index (χ0v) is 18.6. The highest BCUT2D eigenvalue weighted by molar-refractivity contribution is 6.30. The van der Waals surface area contributed by atoms with Gasteiger partial charge in [-0.3, -0.25) is 9.59 Å². The quantitative estimate of drug-likeness (QED) is 0.641. The van der Waals surface area contributed by atoms with Crippen molar-refractivity contribution >= 4 is 23.4 Å². The van der Waals surface area contributed by atoms with Crippen LogP contribution in [0.2, 0.25) is 5.02 Å². The normalized spacial score (nSPS) is 15.0. The first-order chi connectivity index (χ1) is 14.5. The van der Waals surface area contributed by atoms with Crippen molar-refractivity contribution < 1.29 is 9.59 Å². The minimum Gasteiger partial charge on any atom is -0.352 e. The third kappa shape index (κ3) is 5.85. The predicted octanol–water partition coefficient (Wildman–Crippen LogP) is 5.06. The summed E-state index contributed by atoms with van der Waals surface area (Å²) in [5.41, 5.74) is 3.08. The summed E-state index contributed by atoms with van der Waals surface area (Å²) >= 11 is 5.98. The fraction of sp³-hybridized carbons (Fsp3) is 0.440. The molecule has 0 heterocycles. The second-order valence-electron chi connectivity index (χ2n) is 8.17. The van der Waals surface area contributed by atoms with Gasteiger partial charge in [0.05, 0.1) is 6.42 Å². The van der Waals surface area contributed by atoms with Gasteiger partial charge in [-0.05, 0) is 55.0 Å². The molecule has 3 rings (SSSR count). The molecule has 0 saturated heterocycles. The first-order valence-corrected chi connectivity index (χ1v) is 11.2. The van der Waals surface area contributed by atoms with Crippen LogP contribution in [-0.4, -0.2) is 28.8 Å². The standard InChI is InChI=1S/C25H31ClN2O2/c1-3-23(25(30)27-22-10-6-7-11-22)28(17-20-9-5-4-8-18(20)2)24(29)16-19-12-14-21(26)15-13-19/h4-5,8-9,12-15,22-23H,3,6-7,10-11,16-17H2,1-2H3,(H,27,30). The molecule has 1 aliphatic carbocycles. The van der Waals surface area contributed by atoms with Gasteiger partial charge in [0.25, 0.3) is 0 Å². The van der Waals surface area contributed by atoms with Crippen LogP contribution in [0.15, 0.2) is 48.5 Å². The van der Waals surface area contributed by atoms with Gasteiger partial charge in [-0.15, -0.1) is 0 Å². The summed E-state index contributed by atoms with van der Waals surface area (Å²) in [6.07, 6.45) is 5.19. The highest BCUT2D eigenvalue weighted by Crippen LogP contribution is 2.21. The highest BCUT2D eigenvalue weighted by atomic mass is 35.5. The van der Waals surface area contributed by atoms with Crippen LogP contribution in [0.4, 0.5) is 0 Å². The van der Waals surface area contributed by atoms with Crippen LogP contribution in [0.25, 0.3) is 0 Å². The van der Waals surface area contributed by atoms with Gasteiger partial charge in [0.1, 0.15) is 6.04 Å². The lowest BCUT2D eigenvalue weighted by molar-refractivity contribution is -0.141. The SMILES string of the molecule is CCC(C(=O)NC1CCCC1)N(Cc1ccccc1C)C(=O)Cc1ccc(Cl)cc1. The van der Waals surface area contributed by atoms with Crippen molar-refractivity contribution in [3.8, 4) is 0 Å². The van der Waals surface area contributed by atoms with Crippen molar-refractivity contribution in [3.05, 3.63) is 70.2 Å². The lowest BCUT2D eigenvalue weighted by Crippen LogP contribution is -2.51. The number of hydrogen-bond donors (Lipinski definition) is 1. The molecule has 0 bridgehead atoms. The molecule has 2 aromatic rings. The third-order valence-electron chi connectivity index (χ3n) is 5.96. The van der Waals surface area contributed by atoms with E-state index in [9.17, 15) is 9.59 Å². The van der Waals surface area contributed by atoms with Gasteiger partial charge in [0.15, 0.2) is 0 Å². The summed E-state index contributed by atoms with van der Waals surface area (Å²) in [5.74, 6) is -0.0866. The van der Waals surface area contributed by atoms with Crippen LogP contribution < -0.4 is 5.32 Å². The van der Waals surface area contributed by atoms with Crippen LogP contribution in [-0.2, 0) is 22.6 Å². The minimum absolute atomic E-state index is 0.0394. The predicted molar refractivity (Wildman–Crippen MR) is 121 cm³/mol. The molecule has 1 atom stereocenters. The Kier molecular flexibility index (Phi) is 7.92. The number of hydrogen-bond acceptors (Lipinski definition) is 2. The summed E-state index contributed by atoms with van der Waals surface area (Å²) in [6.45, 7) is 4.44. The Labute approximate surface area is 184 Å². The first kappa shape index (κ1) is 22.4. The largest absolute Gasteiger partial charge is 0.352 e. The number of nitrogens with one attached hydrogen (secondary N) is 1. The van der Waals surface area contributed by atoms with Crippen molar-refractivity contribution in [3.63, 3.8) is 0 Å². The molecule has 1 fully saturated rings. The molecule has 160 valence electrons. The Balaban J connectivity index is 1.82. The topological polar surface area (TPSA) is 49.4 Å². The first-order valence-electron chi connectivity index (χ1n) is 10.9. The zero-order chi connectivity index (χ0) is 21.5. The van der Waals surface area contributed by atoms with Crippen molar-refractivity contribution in [2.24, 2.45) is 0 Å². The third-order valence-corrected chi connectivity index (χ3v) is 6.21. The minimum atomic E-state index is -0.481. The van der Waals surface area contributed by atoms with Gasteiger partial charge in [0.2, 0.25) is 11.8 Å². The number of benzene rings is 2. The Hall–Kier alpha value is -2.33. The van der Waals surface area contributed by atoms with Gasteiger partial charge in [-0.25, -0.2) is 0 Å². The van der Waals surface area contributed by atoms with E-state index in [-0.39, 0.29) is 24.3 Å². The zero-order valence-electron chi connectivity index (χ0n) is 17.9. The molecule has 0 aliphatic heterocycles. The summed E-state index contributed by atoms with van der Waals surface area (Å²) in [4.78, 5) is 28.2. The van der Waals surface area contributed by atoms with Crippen molar-refractivity contribution in [2.75, 3.05) is 0 Å². The molecule has 0 radical (unpaired) electrons. The number of carbonyl (C=O) groups is 2. The van der Waals surface area contributed by atoms with Crippen molar-refractivity contribution in [2.45, 2.75) is 71.0 Å². The van der Waals surface area contributed by atoms with Crippen LogP contribution >= 0.6 is 11.6 Å². The average Bonchev–Trinajstić information content (AvgIpc) is 3.24. The van der Waals surface area contributed by atoms with E-state index in [4.69, 9.17) is 11.6 Å². The summed E-state index contributed by atoms with van der Waals surface area (Å²) < 4.78 is 0. The molecule has 0 aromatic heterocycles. The molecular formula is C25H31ClN2O2. The second-order valence-corrected chi connectivity index (χ2v) is 8.60. The van der Waals surface area contributed by atoms with Crippen molar-refractivity contribution in [1.29, 1.82) is 0 Å². The molecule has 1 aliphatic rings. The Morgan fingerprint density at radius 3 is 2.40 bits per heavy atom. The number of carbonyl (C=O) groups excluding carboxylic acids is 2. The molecule has 0 spiro atoms. The molecule has 2 aromatic carbocycles. The van der Waals surface area contributed by atoms with Gasteiger partial charge < -0.3 is 10.2 Å². The molecule has 2 amide bonds. The maximum Gasteiger partial charge on any atom is 0.243 e. The maximum atomic E-state index is 13.4. The highest BCUT2D eigenvalue weighted by Gasteiger charge is 2.30.